The van der Waals surface area contributed by atoms with Gasteiger partial charge in [0.05, 0.1) is 25.0 Å². The Labute approximate surface area is 119 Å². The van der Waals surface area contributed by atoms with Gasteiger partial charge in [0, 0.05) is 19.0 Å². The lowest BCUT2D eigenvalue weighted by Gasteiger charge is -2.17. The number of ether oxygens (including phenoxy) is 2. The zero-order chi connectivity index (χ0) is 14.6. The molecule has 0 aliphatic rings. The van der Waals surface area contributed by atoms with E-state index < -0.39 is 0 Å². The normalized spacial score (nSPS) is 11.4. The molecular formula is C15H20N2O3. The molecule has 1 unspecified atom stereocenters. The van der Waals surface area contributed by atoms with Crippen molar-refractivity contribution in [3.05, 3.63) is 24.5 Å². The highest BCUT2D eigenvalue weighted by molar-refractivity contribution is 5.69. The van der Waals surface area contributed by atoms with Crippen LogP contribution >= 0.6 is 0 Å². The summed E-state index contributed by atoms with van der Waals surface area (Å²) in [5, 5.41) is 8.67. The van der Waals surface area contributed by atoms with Crippen molar-refractivity contribution >= 4 is 5.97 Å². The molecule has 1 rings (SSSR count). The number of rotatable bonds is 9. The Morgan fingerprint density at radius 1 is 1.50 bits per heavy atom. The van der Waals surface area contributed by atoms with Crippen LogP contribution in [-0.2, 0) is 9.53 Å². The van der Waals surface area contributed by atoms with Gasteiger partial charge in [-0.3, -0.25) is 9.78 Å². The van der Waals surface area contributed by atoms with Crippen LogP contribution in [0.5, 0.6) is 5.75 Å². The molecule has 0 saturated heterocycles. The van der Waals surface area contributed by atoms with Crippen LogP contribution in [0.3, 0.4) is 0 Å². The first-order valence-electron chi connectivity index (χ1n) is 6.85. The molecule has 0 radical (unpaired) electrons. The van der Waals surface area contributed by atoms with E-state index in [0.717, 1.165) is 6.42 Å². The van der Waals surface area contributed by atoms with Crippen molar-refractivity contribution in [2.75, 3.05) is 6.61 Å². The summed E-state index contributed by atoms with van der Waals surface area (Å²) >= 11 is 0. The summed E-state index contributed by atoms with van der Waals surface area (Å²) in [4.78, 5) is 15.3. The van der Waals surface area contributed by atoms with E-state index in [-0.39, 0.29) is 12.1 Å². The van der Waals surface area contributed by atoms with Crippen LogP contribution in [0.25, 0.3) is 0 Å². The molecule has 0 N–H and O–H groups in total. The van der Waals surface area contributed by atoms with Crippen molar-refractivity contribution < 1.29 is 14.3 Å². The number of nitriles is 1. The van der Waals surface area contributed by atoms with Crippen molar-refractivity contribution in [1.29, 1.82) is 5.26 Å². The summed E-state index contributed by atoms with van der Waals surface area (Å²) in [6.45, 7) is 2.20. The molecule has 0 aliphatic heterocycles. The standard InChI is InChI=1S/C15H20N2O3/c1-2-19-15(18)9-3-6-13(7-4-10-16)20-14-8-5-11-17-12-14/h5,8,11-13H,2-4,6-7,9H2,1H3. The van der Waals surface area contributed by atoms with Crippen LogP contribution in [0, 0.1) is 11.3 Å². The van der Waals surface area contributed by atoms with Crippen LogP contribution in [0.4, 0.5) is 0 Å². The number of pyridine rings is 1. The molecule has 0 aliphatic carbocycles. The van der Waals surface area contributed by atoms with Crippen molar-refractivity contribution in [3.63, 3.8) is 0 Å². The summed E-state index contributed by atoms with van der Waals surface area (Å²) in [5.74, 6) is 0.500. The van der Waals surface area contributed by atoms with Crippen molar-refractivity contribution in [2.45, 2.75) is 45.1 Å². The Hall–Kier alpha value is -2.09. The minimum Gasteiger partial charge on any atom is -0.489 e. The number of nitrogens with zero attached hydrogens (tertiary/aromatic N) is 2. The lowest BCUT2D eigenvalue weighted by atomic mass is 10.1. The highest BCUT2D eigenvalue weighted by atomic mass is 16.5. The molecule has 0 bridgehead atoms. The van der Waals surface area contributed by atoms with E-state index >= 15 is 0 Å². The zero-order valence-electron chi connectivity index (χ0n) is 11.7. The van der Waals surface area contributed by atoms with E-state index in [1.807, 2.05) is 6.07 Å². The number of hydrogen-bond acceptors (Lipinski definition) is 5. The van der Waals surface area contributed by atoms with Crippen molar-refractivity contribution in [1.82, 2.24) is 4.98 Å². The summed E-state index contributed by atoms with van der Waals surface area (Å²) in [7, 11) is 0. The molecule has 0 aromatic carbocycles. The monoisotopic (exact) mass is 276 g/mol. The molecule has 0 amide bonds. The molecule has 20 heavy (non-hydrogen) atoms. The molecule has 1 heterocycles. The molecule has 0 spiro atoms. The SMILES string of the molecule is CCOC(=O)CCCC(CCC#N)Oc1cccnc1. The van der Waals surface area contributed by atoms with Crippen LogP contribution in [-0.4, -0.2) is 23.7 Å². The lowest BCUT2D eigenvalue weighted by molar-refractivity contribution is -0.143. The topological polar surface area (TPSA) is 72.2 Å². The Morgan fingerprint density at radius 2 is 2.35 bits per heavy atom. The minimum atomic E-state index is -0.187. The maximum Gasteiger partial charge on any atom is 0.305 e. The largest absolute Gasteiger partial charge is 0.489 e. The highest BCUT2D eigenvalue weighted by Gasteiger charge is 2.12. The van der Waals surface area contributed by atoms with Gasteiger partial charge in [-0.05, 0) is 38.3 Å². The molecule has 1 atom stereocenters. The molecule has 1 aromatic heterocycles. The summed E-state index contributed by atoms with van der Waals surface area (Å²) in [5.41, 5.74) is 0. The fourth-order valence-electron chi connectivity index (χ4n) is 1.80. The van der Waals surface area contributed by atoms with Crippen LogP contribution in [0.1, 0.15) is 39.0 Å². The van der Waals surface area contributed by atoms with Gasteiger partial charge >= 0.3 is 5.97 Å². The molecule has 0 fully saturated rings. The van der Waals surface area contributed by atoms with Gasteiger partial charge in [-0.2, -0.15) is 5.26 Å². The minimum absolute atomic E-state index is 0.0757. The first kappa shape index (κ1) is 16.0. The van der Waals surface area contributed by atoms with Crippen LogP contribution in [0.2, 0.25) is 0 Å². The number of aromatic nitrogens is 1. The lowest BCUT2D eigenvalue weighted by Crippen LogP contribution is -2.17. The third-order valence-electron chi connectivity index (χ3n) is 2.73. The average Bonchev–Trinajstić information content (AvgIpc) is 2.46. The highest BCUT2D eigenvalue weighted by Crippen LogP contribution is 2.16. The molecule has 0 saturated carbocycles. The predicted octanol–water partition coefficient (Wildman–Crippen LogP) is 2.87. The van der Waals surface area contributed by atoms with Gasteiger partial charge in [-0.25, -0.2) is 0 Å². The van der Waals surface area contributed by atoms with Crippen LogP contribution < -0.4 is 4.74 Å². The second-order valence-electron chi connectivity index (χ2n) is 4.32. The summed E-state index contributed by atoms with van der Waals surface area (Å²) < 4.78 is 10.7. The van der Waals surface area contributed by atoms with E-state index in [0.29, 0.717) is 38.0 Å². The van der Waals surface area contributed by atoms with Crippen molar-refractivity contribution in [2.24, 2.45) is 0 Å². The molecule has 108 valence electrons. The van der Waals surface area contributed by atoms with Crippen molar-refractivity contribution in [3.8, 4) is 11.8 Å². The van der Waals surface area contributed by atoms with Gasteiger partial charge in [0.1, 0.15) is 5.75 Å². The third kappa shape index (κ3) is 6.74. The number of carbonyl (C=O) groups excluding carboxylic acids is 1. The van der Waals surface area contributed by atoms with E-state index in [9.17, 15) is 4.79 Å². The van der Waals surface area contributed by atoms with E-state index in [2.05, 4.69) is 11.1 Å². The second-order valence-corrected chi connectivity index (χ2v) is 4.32. The van der Waals surface area contributed by atoms with E-state index in [4.69, 9.17) is 14.7 Å². The Kier molecular flexibility index (Phi) is 7.82. The van der Waals surface area contributed by atoms with Gasteiger partial charge < -0.3 is 9.47 Å². The fourth-order valence-corrected chi connectivity index (χ4v) is 1.80. The Bertz CT molecular complexity index is 428. The molecular weight excluding hydrogens is 256 g/mol. The molecule has 5 nitrogen and oxygen atoms in total. The van der Waals surface area contributed by atoms with E-state index in [1.165, 1.54) is 0 Å². The smallest absolute Gasteiger partial charge is 0.305 e. The second kappa shape index (κ2) is 9.79. The number of hydrogen-bond donors (Lipinski definition) is 0. The molecule has 5 heteroatoms. The predicted molar refractivity (Wildman–Crippen MR) is 74.0 cm³/mol. The van der Waals surface area contributed by atoms with Gasteiger partial charge in [0.2, 0.25) is 0 Å². The zero-order valence-corrected chi connectivity index (χ0v) is 11.7. The maximum atomic E-state index is 11.3. The summed E-state index contributed by atoms with van der Waals surface area (Å²) in [6, 6.07) is 5.75. The van der Waals surface area contributed by atoms with Gasteiger partial charge in [-0.1, -0.05) is 0 Å². The van der Waals surface area contributed by atoms with Gasteiger partial charge in [0.15, 0.2) is 0 Å². The van der Waals surface area contributed by atoms with Gasteiger partial charge in [0.25, 0.3) is 0 Å². The average molecular weight is 276 g/mol. The number of carbonyl (C=O) groups is 1. The first-order chi connectivity index (χ1) is 9.76. The van der Waals surface area contributed by atoms with Crippen LogP contribution in [0.15, 0.2) is 24.5 Å². The van der Waals surface area contributed by atoms with E-state index in [1.54, 1.807) is 25.4 Å². The Balaban J connectivity index is 2.40. The van der Waals surface area contributed by atoms with Gasteiger partial charge in [-0.15, -0.1) is 0 Å². The molecule has 1 aromatic rings. The quantitative estimate of drug-likeness (QED) is 0.648. The fraction of sp³-hybridized carbons (Fsp3) is 0.533. The maximum absolute atomic E-state index is 11.3. The first-order valence-corrected chi connectivity index (χ1v) is 6.85. The summed E-state index contributed by atoms with van der Waals surface area (Å²) in [6.07, 6.45) is 6.12. The Morgan fingerprint density at radius 3 is 3.00 bits per heavy atom. The third-order valence-corrected chi connectivity index (χ3v) is 2.73. The number of esters is 1.